The molecule has 0 aliphatic rings. The van der Waals surface area contributed by atoms with Crippen molar-refractivity contribution in [1.82, 2.24) is 0 Å². The Kier molecular flexibility index (Phi) is 12.0. The third-order valence-corrected chi connectivity index (χ3v) is 9.88. The number of azo groups is 3. The minimum Gasteiger partial charge on any atom is -0.870 e. The molecule has 7 N–H and O–H groups in total. The maximum atomic E-state index is 13.7. The van der Waals surface area contributed by atoms with E-state index in [2.05, 4.69) is 30.7 Å². The second-order valence-electron chi connectivity index (χ2n) is 12.0. The van der Waals surface area contributed by atoms with E-state index >= 15 is 0 Å². The fourth-order valence-electron chi connectivity index (χ4n) is 5.45. The molecule has 0 atom stereocenters. The van der Waals surface area contributed by atoms with Crippen LogP contribution in [-0.2, 0) is 20.2 Å². The topological polar surface area (TPSA) is 287 Å². The fourth-order valence-corrected chi connectivity index (χ4v) is 6.77. The third-order valence-electron chi connectivity index (χ3n) is 8.17. The molecule has 6 aromatic carbocycles. The maximum absolute atomic E-state index is 13.7. The zero-order valence-corrected chi connectivity index (χ0v) is 32.9. The van der Waals surface area contributed by atoms with E-state index in [1.807, 2.05) is 25.1 Å². The van der Waals surface area contributed by atoms with Gasteiger partial charge in [-0.25, -0.2) is 8.42 Å². The molecule has 0 saturated carbocycles. The Hall–Kier alpha value is -5.34. The summed E-state index contributed by atoms with van der Waals surface area (Å²) in [5.41, 5.74) is 21.6. The first kappa shape index (κ1) is 40.8. The van der Waals surface area contributed by atoms with Crippen molar-refractivity contribution < 1.29 is 31.0 Å². The summed E-state index contributed by atoms with van der Waals surface area (Å²) < 4.78 is 71.7. The molecular weight excluding hydrogens is 775 g/mol. The molecule has 0 fully saturated rings. The molecular formula is C36H29CaN9O7S2. The number of nitrogen functional groups attached to an aromatic ring is 3. The van der Waals surface area contributed by atoms with E-state index in [0.29, 0.717) is 28.3 Å². The SMILES string of the molecule is Cc1cc(-c2ccc(N=Nc3c(S(=O)(=O)[O-])cc4cc(S(=O)(=O)O)c(N=Nc5ccccc5)c([O-])c4c3N)c(C)c2)ccc1N=Nc1ccc(N)cc1N.[Ca+2]. The quantitative estimate of drug-likeness (QED) is 0.0473. The Bertz CT molecular complexity index is 2800. The molecule has 0 heterocycles. The molecule has 0 radical (unpaired) electrons. The summed E-state index contributed by atoms with van der Waals surface area (Å²) in [5, 5.41) is 37.2. The second-order valence-corrected chi connectivity index (χ2v) is 14.7. The van der Waals surface area contributed by atoms with Gasteiger partial charge in [-0.15, -0.1) is 15.3 Å². The van der Waals surface area contributed by atoms with E-state index < -0.39 is 58.2 Å². The number of rotatable bonds is 9. The van der Waals surface area contributed by atoms with Crippen LogP contribution < -0.4 is 22.3 Å². The Morgan fingerprint density at radius 1 is 0.618 bits per heavy atom. The molecule has 274 valence electrons. The summed E-state index contributed by atoms with van der Waals surface area (Å²) >= 11 is 0. The van der Waals surface area contributed by atoms with Gasteiger partial charge < -0.3 is 26.9 Å². The Balaban J connectivity index is 0.00000580. The van der Waals surface area contributed by atoms with Crippen LogP contribution in [0.3, 0.4) is 0 Å². The molecule has 6 rings (SSSR count). The summed E-state index contributed by atoms with van der Waals surface area (Å²) in [6.45, 7) is 3.61. The number of nitrogens with zero attached hydrogens (tertiary/aromatic N) is 6. The van der Waals surface area contributed by atoms with Gasteiger partial charge in [-0.05, 0) is 108 Å². The van der Waals surface area contributed by atoms with E-state index in [1.165, 1.54) is 12.1 Å². The van der Waals surface area contributed by atoms with Gasteiger partial charge in [0.15, 0.2) is 0 Å². The van der Waals surface area contributed by atoms with Gasteiger partial charge in [-0.3, -0.25) is 4.55 Å². The van der Waals surface area contributed by atoms with Crippen LogP contribution in [0, 0.1) is 13.8 Å². The molecule has 0 saturated heterocycles. The molecule has 0 unspecified atom stereocenters. The van der Waals surface area contributed by atoms with E-state index in [-0.39, 0.29) is 54.5 Å². The third kappa shape index (κ3) is 8.97. The van der Waals surface area contributed by atoms with Crippen LogP contribution >= 0.6 is 0 Å². The summed E-state index contributed by atoms with van der Waals surface area (Å²) in [5.74, 6) is -1.12. The van der Waals surface area contributed by atoms with Crippen LogP contribution in [-0.4, -0.2) is 63.7 Å². The monoisotopic (exact) mass is 803 g/mol. The van der Waals surface area contributed by atoms with Crippen molar-refractivity contribution in [2.45, 2.75) is 23.6 Å². The van der Waals surface area contributed by atoms with Crippen molar-refractivity contribution in [1.29, 1.82) is 0 Å². The van der Waals surface area contributed by atoms with Gasteiger partial charge >= 0.3 is 37.7 Å². The van der Waals surface area contributed by atoms with Crippen LogP contribution in [0.1, 0.15) is 11.1 Å². The van der Waals surface area contributed by atoms with E-state index in [4.69, 9.17) is 17.2 Å². The molecule has 0 bridgehead atoms. The van der Waals surface area contributed by atoms with E-state index in [9.17, 15) is 31.0 Å². The van der Waals surface area contributed by atoms with E-state index in [0.717, 1.165) is 28.8 Å². The number of fused-ring (bicyclic) bond motifs is 1. The zero-order chi connectivity index (χ0) is 38.9. The minimum absolute atomic E-state index is 0. The number of benzene rings is 6. The van der Waals surface area contributed by atoms with Gasteiger partial charge in [-0.2, -0.15) is 23.8 Å². The fraction of sp³-hybridized carbons (Fsp3) is 0.0556. The van der Waals surface area contributed by atoms with Crippen LogP contribution in [0.4, 0.5) is 51.2 Å². The van der Waals surface area contributed by atoms with Crippen molar-refractivity contribution in [3.05, 3.63) is 108 Å². The summed E-state index contributed by atoms with van der Waals surface area (Å²) in [6, 6.07) is 25.2. The molecule has 16 nitrogen and oxygen atoms in total. The second kappa shape index (κ2) is 16.2. The van der Waals surface area contributed by atoms with Gasteiger partial charge in [0, 0.05) is 11.1 Å². The number of hydrogen-bond acceptors (Lipinski definition) is 15. The number of anilines is 3. The predicted octanol–water partition coefficient (Wildman–Crippen LogP) is 7.96. The van der Waals surface area contributed by atoms with Crippen molar-refractivity contribution in [2.75, 3.05) is 17.2 Å². The van der Waals surface area contributed by atoms with Gasteiger partial charge in [-0.1, -0.05) is 36.1 Å². The van der Waals surface area contributed by atoms with Crippen molar-refractivity contribution in [2.24, 2.45) is 30.7 Å². The summed E-state index contributed by atoms with van der Waals surface area (Å²) in [4.78, 5) is -1.95. The molecule has 0 aliphatic carbocycles. The van der Waals surface area contributed by atoms with Gasteiger partial charge in [0.1, 0.15) is 26.4 Å². The molecule has 6 aromatic rings. The molecule has 0 aromatic heterocycles. The molecule has 0 spiro atoms. The number of hydrogen-bond donors (Lipinski definition) is 4. The van der Waals surface area contributed by atoms with Gasteiger partial charge in [0.2, 0.25) is 0 Å². The van der Waals surface area contributed by atoms with Gasteiger partial charge in [0.25, 0.3) is 10.1 Å². The summed E-state index contributed by atoms with van der Waals surface area (Å²) in [6.07, 6.45) is 0. The minimum atomic E-state index is -5.32. The standard InChI is InChI=1S/C36H31N9O7S2.Ca/c1-19-14-21(8-11-27(19)41-43-29-13-10-24(37)18-26(29)38)22-9-12-28(20(2)15-22)42-44-34-30(53(47,48)49)16-23-17-31(54(50,51)52)35(36(46)32(23)33(34)39)45-40-25-6-4-3-5-7-25;/h3-18,46H,37-39H2,1-2H3,(H,47,48,49)(H,50,51,52);/q;+2/p-2. The van der Waals surface area contributed by atoms with Crippen LogP contribution in [0.15, 0.2) is 138 Å². The molecule has 0 amide bonds. The first-order chi connectivity index (χ1) is 25.5. The summed E-state index contributed by atoms with van der Waals surface area (Å²) in [7, 11) is -10.4. The van der Waals surface area contributed by atoms with Crippen molar-refractivity contribution in [3.8, 4) is 16.9 Å². The molecule has 55 heavy (non-hydrogen) atoms. The number of aryl methyl sites for hydroxylation is 2. The van der Waals surface area contributed by atoms with Gasteiger partial charge in [0.05, 0.1) is 39.0 Å². The Labute approximate surface area is 345 Å². The zero-order valence-electron chi connectivity index (χ0n) is 29.1. The molecule has 0 aliphatic heterocycles. The first-order valence-corrected chi connectivity index (χ1v) is 18.6. The average Bonchev–Trinajstić information content (AvgIpc) is 3.10. The maximum Gasteiger partial charge on any atom is 2.00 e. The first-order valence-electron chi connectivity index (χ1n) is 15.7. The average molecular weight is 804 g/mol. The smallest absolute Gasteiger partial charge is 0.870 e. The van der Waals surface area contributed by atoms with Crippen LogP contribution in [0.5, 0.6) is 5.75 Å². The predicted molar refractivity (Wildman–Crippen MR) is 207 cm³/mol. The van der Waals surface area contributed by atoms with Crippen LogP contribution in [0.2, 0.25) is 0 Å². The van der Waals surface area contributed by atoms with E-state index in [1.54, 1.807) is 61.5 Å². The molecule has 19 heteroatoms. The normalized spacial score (nSPS) is 12.2. The van der Waals surface area contributed by atoms with Crippen molar-refractivity contribution in [3.63, 3.8) is 0 Å². The Morgan fingerprint density at radius 2 is 1.15 bits per heavy atom. The number of nitrogens with two attached hydrogens (primary N) is 3. The Morgan fingerprint density at radius 3 is 1.69 bits per heavy atom. The largest absolute Gasteiger partial charge is 2.00 e. The van der Waals surface area contributed by atoms with Crippen LogP contribution in [0.25, 0.3) is 21.9 Å². The van der Waals surface area contributed by atoms with Crippen molar-refractivity contribution >= 4 is 120 Å².